The summed E-state index contributed by atoms with van der Waals surface area (Å²) < 4.78 is 6.61. The third-order valence-electron chi connectivity index (χ3n) is 4.50. The molecule has 0 saturated carbocycles. The van der Waals surface area contributed by atoms with Crippen molar-refractivity contribution in [2.45, 2.75) is 6.92 Å². The number of aliphatic hydroxyl groups excluding tert-OH is 1. The highest BCUT2D eigenvalue weighted by atomic mass is 16.5. The number of benzene rings is 1. The van der Waals surface area contributed by atoms with Crippen LogP contribution in [0.5, 0.6) is 0 Å². The molecular formula is C18H21N5O4. The van der Waals surface area contributed by atoms with E-state index < -0.39 is 5.97 Å². The normalized spacial score (nSPS) is 14.1. The Morgan fingerprint density at radius 3 is 2.81 bits per heavy atom. The SMILES string of the molecule is COC(=O)C1=C(Nc2cccc(-c3nncn3C)c2C)C(=O)N(CCO)C1. The number of esters is 1. The van der Waals surface area contributed by atoms with Crippen LogP contribution in [0.15, 0.2) is 35.8 Å². The van der Waals surface area contributed by atoms with E-state index in [0.29, 0.717) is 11.5 Å². The van der Waals surface area contributed by atoms with Gasteiger partial charge < -0.3 is 24.6 Å². The molecular weight excluding hydrogens is 350 g/mol. The van der Waals surface area contributed by atoms with Crippen molar-refractivity contribution >= 4 is 17.6 Å². The Bertz CT molecular complexity index is 918. The fourth-order valence-electron chi connectivity index (χ4n) is 3.02. The van der Waals surface area contributed by atoms with Crippen molar-refractivity contribution in [2.24, 2.45) is 7.05 Å². The summed E-state index contributed by atoms with van der Waals surface area (Å²) >= 11 is 0. The van der Waals surface area contributed by atoms with Crippen molar-refractivity contribution in [3.8, 4) is 11.4 Å². The highest BCUT2D eigenvalue weighted by Crippen LogP contribution is 2.30. The van der Waals surface area contributed by atoms with Gasteiger partial charge in [-0.3, -0.25) is 4.79 Å². The number of methoxy groups -OCH3 is 1. The second-order valence-corrected chi connectivity index (χ2v) is 6.16. The van der Waals surface area contributed by atoms with Crippen molar-refractivity contribution in [3.05, 3.63) is 41.4 Å². The summed E-state index contributed by atoms with van der Waals surface area (Å²) in [6.45, 7) is 1.95. The largest absolute Gasteiger partial charge is 0.466 e. The molecule has 0 spiro atoms. The Morgan fingerprint density at radius 1 is 1.41 bits per heavy atom. The Labute approximate surface area is 156 Å². The van der Waals surface area contributed by atoms with Crippen molar-refractivity contribution in [1.82, 2.24) is 19.7 Å². The molecule has 142 valence electrons. The van der Waals surface area contributed by atoms with Crippen LogP contribution in [0.3, 0.4) is 0 Å². The fourth-order valence-corrected chi connectivity index (χ4v) is 3.02. The van der Waals surface area contributed by atoms with Crippen molar-refractivity contribution in [1.29, 1.82) is 0 Å². The number of carbonyl (C=O) groups is 2. The maximum Gasteiger partial charge on any atom is 0.337 e. The number of carbonyl (C=O) groups excluding carboxylic acids is 2. The van der Waals surface area contributed by atoms with Crippen LogP contribution < -0.4 is 5.32 Å². The van der Waals surface area contributed by atoms with E-state index in [2.05, 4.69) is 15.5 Å². The van der Waals surface area contributed by atoms with Gasteiger partial charge in [-0.05, 0) is 18.6 Å². The van der Waals surface area contributed by atoms with E-state index in [1.54, 1.807) is 10.9 Å². The quantitative estimate of drug-likeness (QED) is 0.710. The third kappa shape index (κ3) is 3.41. The van der Waals surface area contributed by atoms with Crippen LogP contribution in [-0.4, -0.2) is 63.5 Å². The number of aromatic nitrogens is 3. The molecule has 2 aromatic rings. The first-order valence-corrected chi connectivity index (χ1v) is 8.40. The number of β-amino-alcohol motifs (C(OH)–C–C–N with tert-alkyl or cyclic N) is 1. The summed E-state index contributed by atoms with van der Waals surface area (Å²) in [5, 5.41) is 20.3. The van der Waals surface area contributed by atoms with E-state index in [4.69, 9.17) is 9.84 Å². The number of ether oxygens (including phenoxy) is 1. The van der Waals surface area contributed by atoms with Crippen LogP contribution in [-0.2, 0) is 21.4 Å². The van der Waals surface area contributed by atoms with Gasteiger partial charge in [0.25, 0.3) is 5.91 Å². The fraction of sp³-hybridized carbons (Fsp3) is 0.333. The summed E-state index contributed by atoms with van der Waals surface area (Å²) in [5.74, 6) is -0.237. The maximum absolute atomic E-state index is 12.7. The zero-order chi connectivity index (χ0) is 19.6. The van der Waals surface area contributed by atoms with Gasteiger partial charge in [-0.25, -0.2) is 4.79 Å². The Morgan fingerprint density at radius 2 is 2.19 bits per heavy atom. The lowest BCUT2D eigenvalue weighted by Crippen LogP contribution is -2.31. The molecule has 1 aromatic carbocycles. The van der Waals surface area contributed by atoms with Gasteiger partial charge in [-0.2, -0.15) is 0 Å². The van der Waals surface area contributed by atoms with E-state index in [1.165, 1.54) is 12.0 Å². The first-order valence-electron chi connectivity index (χ1n) is 8.40. The monoisotopic (exact) mass is 371 g/mol. The van der Waals surface area contributed by atoms with Crippen LogP contribution in [0.4, 0.5) is 5.69 Å². The summed E-state index contributed by atoms with van der Waals surface area (Å²) in [4.78, 5) is 26.2. The molecule has 9 heteroatoms. The molecule has 0 radical (unpaired) electrons. The van der Waals surface area contributed by atoms with Crippen LogP contribution in [0.2, 0.25) is 0 Å². The van der Waals surface area contributed by atoms with Crippen LogP contribution in [0, 0.1) is 6.92 Å². The third-order valence-corrected chi connectivity index (χ3v) is 4.50. The van der Waals surface area contributed by atoms with E-state index in [-0.39, 0.29) is 36.9 Å². The van der Waals surface area contributed by atoms with Crippen molar-refractivity contribution in [2.75, 3.05) is 32.1 Å². The minimum Gasteiger partial charge on any atom is -0.466 e. The summed E-state index contributed by atoms with van der Waals surface area (Å²) in [6, 6.07) is 5.57. The summed E-state index contributed by atoms with van der Waals surface area (Å²) in [6.07, 6.45) is 1.61. The van der Waals surface area contributed by atoms with Crippen LogP contribution in [0.1, 0.15) is 5.56 Å². The Balaban J connectivity index is 1.99. The van der Waals surface area contributed by atoms with Gasteiger partial charge >= 0.3 is 5.97 Å². The minimum atomic E-state index is -0.576. The van der Waals surface area contributed by atoms with Crippen molar-refractivity contribution in [3.63, 3.8) is 0 Å². The minimum absolute atomic E-state index is 0.0937. The molecule has 1 amide bonds. The van der Waals surface area contributed by atoms with Crippen molar-refractivity contribution < 1.29 is 19.4 Å². The lowest BCUT2D eigenvalue weighted by molar-refractivity contribution is -0.136. The zero-order valence-electron chi connectivity index (χ0n) is 15.4. The number of hydrogen-bond donors (Lipinski definition) is 2. The number of amides is 1. The van der Waals surface area contributed by atoms with Gasteiger partial charge in [0.15, 0.2) is 5.82 Å². The molecule has 0 unspecified atom stereocenters. The van der Waals surface area contributed by atoms with Gasteiger partial charge in [-0.1, -0.05) is 12.1 Å². The molecule has 3 rings (SSSR count). The Hall–Kier alpha value is -3.20. The van der Waals surface area contributed by atoms with Gasteiger partial charge in [0.2, 0.25) is 0 Å². The number of nitrogens with one attached hydrogen (secondary N) is 1. The lowest BCUT2D eigenvalue weighted by atomic mass is 10.1. The first-order chi connectivity index (χ1) is 13.0. The van der Waals surface area contributed by atoms with Crippen LogP contribution in [0.25, 0.3) is 11.4 Å². The molecule has 1 aliphatic rings. The second-order valence-electron chi connectivity index (χ2n) is 6.16. The average Bonchev–Trinajstić information content (AvgIpc) is 3.21. The molecule has 2 N–H and O–H groups in total. The topological polar surface area (TPSA) is 110 Å². The molecule has 0 fully saturated rings. The number of anilines is 1. The first kappa shape index (κ1) is 18.6. The lowest BCUT2D eigenvalue weighted by Gasteiger charge is -2.16. The number of aliphatic hydroxyl groups is 1. The zero-order valence-corrected chi connectivity index (χ0v) is 15.4. The second kappa shape index (κ2) is 7.58. The van der Waals surface area contributed by atoms with E-state index in [1.807, 2.05) is 32.2 Å². The predicted molar refractivity (Wildman–Crippen MR) is 97.5 cm³/mol. The molecule has 1 aromatic heterocycles. The number of nitrogens with zero attached hydrogens (tertiary/aromatic N) is 4. The average molecular weight is 371 g/mol. The number of rotatable bonds is 6. The van der Waals surface area contributed by atoms with Gasteiger partial charge in [0.05, 0.1) is 25.8 Å². The molecule has 0 atom stereocenters. The number of aryl methyl sites for hydroxylation is 1. The van der Waals surface area contributed by atoms with Gasteiger partial charge in [0.1, 0.15) is 12.0 Å². The molecule has 27 heavy (non-hydrogen) atoms. The van der Waals surface area contributed by atoms with Crippen LogP contribution >= 0.6 is 0 Å². The predicted octanol–water partition coefficient (Wildman–Crippen LogP) is 0.464. The van der Waals surface area contributed by atoms with E-state index in [9.17, 15) is 9.59 Å². The number of hydrogen-bond acceptors (Lipinski definition) is 7. The van der Waals surface area contributed by atoms with E-state index in [0.717, 1.165) is 11.1 Å². The van der Waals surface area contributed by atoms with E-state index >= 15 is 0 Å². The highest BCUT2D eigenvalue weighted by Gasteiger charge is 2.34. The summed E-state index contributed by atoms with van der Waals surface area (Å²) in [7, 11) is 3.12. The standard InChI is InChI=1S/C18H21N5O4/c1-11-12(16-21-19-10-22(16)2)5-4-6-14(11)20-15-13(18(26)27-3)9-23(7-8-24)17(15)25/h4-6,10,20,24H,7-9H2,1-3H3. The molecule has 0 saturated heterocycles. The maximum atomic E-state index is 12.7. The van der Waals surface area contributed by atoms with Gasteiger partial charge in [0, 0.05) is 24.8 Å². The molecule has 2 heterocycles. The Kier molecular flexibility index (Phi) is 5.22. The molecule has 1 aliphatic heterocycles. The highest BCUT2D eigenvalue weighted by molar-refractivity contribution is 6.08. The molecule has 0 bridgehead atoms. The molecule has 0 aliphatic carbocycles. The summed E-state index contributed by atoms with van der Waals surface area (Å²) in [5.41, 5.74) is 2.79. The molecule has 9 nitrogen and oxygen atoms in total. The smallest absolute Gasteiger partial charge is 0.337 e. The van der Waals surface area contributed by atoms with Gasteiger partial charge in [-0.15, -0.1) is 10.2 Å².